The molecular weight excluding hydrogens is 178 g/mol. The van der Waals surface area contributed by atoms with Gasteiger partial charge >= 0.3 is 0 Å². The Hall–Kier alpha value is -0.570. The van der Waals surface area contributed by atoms with Crippen LogP contribution in [0, 0.1) is 11.8 Å². The van der Waals surface area contributed by atoms with Crippen molar-refractivity contribution in [2.75, 3.05) is 6.61 Å². The molecule has 0 heterocycles. The summed E-state index contributed by atoms with van der Waals surface area (Å²) in [6, 6.07) is 0.380. The largest absolute Gasteiger partial charge is 0.396 e. The lowest BCUT2D eigenvalue weighted by Crippen LogP contribution is -2.38. The molecule has 0 aromatic heterocycles. The second kappa shape index (κ2) is 4.30. The number of hydrogen-bond acceptors (Lipinski definition) is 2. The van der Waals surface area contributed by atoms with E-state index in [2.05, 4.69) is 5.32 Å². The molecule has 0 unspecified atom stereocenters. The summed E-state index contributed by atoms with van der Waals surface area (Å²) in [6.07, 6.45) is 6.38. The Bertz CT molecular complexity index is 205. The van der Waals surface area contributed by atoms with Crippen molar-refractivity contribution < 1.29 is 9.90 Å². The lowest BCUT2D eigenvalue weighted by molar-refractivity contribution is -0.123. The second-order valence-electron chi connectivity index (χ2n) is 4.68. The molecule has 2 saturated carbocycles. The summed E-state index contributed by atoms with van der Waals surface area (Å²) >= 11 is 0. The fourth-order valence-corrected chi connectivity index (χ4v) is 2.15. The van der Waals surface area contributed by atoms with Gasteiger partial charge in [-0.2, -0.15) is 0 Å². The quantitative estimate of drug-likeness (QED) is 0.711. The van der Waals surface area contributed by atoms with Crippen LogP contribution in [0.15, 0.2) is 0 Å². The van der Waals surface area contributed by atoms with E-state index in [1.54, 1.807) is 0 Å². The maximum absolute atomic E-state index is 11.5. The SMILES string of the molecule is O=C(NC1CCC(CO)CC1)C1CC1. The molecule has 2 N–H and O–H groups in total. The fourth-order valence-electron chi connectivity index (χ4n) is 2.15. The molecule has 14 heavy (non-hydrogen) atoms. The summed E-state index contributed by atoms with van der Waals surface area (Å²) in [5.74, 6) is 1.06. The van der Waals surface area contributed by atoms with Gasteiger partial charge < -0.3 is 10.4 Å². The van der Waals surface area contributed by atoms with E-state index in [4.69, 9.17) is 5.11 Å². The first-order valence-electron chi connectivity index (χ1n) is 5.71. The lowest BCUT2D eigenvalue weighted by atomic mass is 9.86. The van der Waals surface area contributed by atoms with Gasteiger partial charge in [-0.1, -0.05) is 0 Å². The van der Waals surface area contributed by atoms with E-state index in [1.165, 1.54) is 0 Å². The first kappa shape index (κ1) is 9.97. The minimum atomic E-state index is 0.262. The van der Waals surface area contributed by atoms with Crippen molar-refractivity contribution in [1.29, 1.82) is 0 Å². The topological polar surface area (TPSA) is 49.3 Å². The minimum Gasteiger partial charge on any atom is -0.396 e. The smallest absolute Gasteiger partial charge is 0.223 e. The molecule has 1 amide bonds. The molecule has 0 atom stereocenters. The maximum atomic E-state index is 11.5. The van der Waals surface area contributed by atoms with Gasteiger partial charge in [-0.15, -0.1) is 0 Å². The Morgan fingerprint density at radius 3 is 2.29 bits per heavy atom. The molecule has 0 aromatic carbocycles. The van der Waals surface area contributed by atoms with Gasteiger partial charge in [-0.25, -0.2) is 0 Å². The zero-order valence-electron chi connectivity index (χ0n) is 8.54. The van der Waals surface area contributed by atoms with Gasteiger partial charge in [-0.3, -0.25) is 4.79 Å². The fraction of sp³-hybridized carbons (Fsp3) is 0.909. The highest BCUT2D eigenvalue weighted by molar-refractivity contribution is 5.81. The van der Waals surface area contributed by atoms with E-state index in [9.17, 15) is 4.79 Å². The van der Waals surface area contributed by atoms with Crippen molar-refractivity contribution in [1.82, 2.24) is 5.32 Å². The molecule has 0 bridgehead atoms. The minimum absolute atomic E-state index is 0.262. The molecule has 0 aliphatic heterocycles. The first-order chi connectivity index (χ1) is 6.79. The number of amides is 1. The van der Waals surface area contributed by atoms with Crippen LogP contribution in [0.1, 0.15) is 38.5 Å². The number of rotatable bonds is 3. The molecule has 2 rings (SSSR count). The van der Waals surface area contributed by atoms with E-state index in [0.717, 1.165) is 38.5 Å². The van der Waals surface area contributed by atoms with E-state index in [0.29, 0.717) is 24.5 Å². The van der Waals surface area contributed by atoms with Crippen molar-refractivity contribution in [2.45, 2.75) is 44.6 Å². The maximum Gasteiger partial charge on any atom is 0.223 e. The number of aliphatic hydroxyl groups excluding tert-OH is 1. The molecule has 2 fully saturated rings. The van der Waals surface area contributed by atoms with Crippen LogP contribution >= 0.6 is 0 Å². The zero-order valence-corrected chi connectivity index (χ0v) is 8.54. The van der Waals surface area contributed by atoms with Crippen LogP contribution in [0.4, 0.5) is 0 Å². The third-order valence-electron chi connectivity index (χ3n) is 3.40. The first-order valence-corrected chi connectivity index (χ1v) is 5.71. The third-order valence-corrected chi connectivity index (χ3v) is 3.40. The van der Waals surface area contributed by atoms with Crippen molar-refractivity contribution in [3.8, 4) is 0 Å². The molecular formula is C11H19NO2. The average molecular weight is 197 g/mol. The molecule has 0 radical (unpaired) electrons. The van der Waals surface area contributed by atoms with E-state index >= 15 is 0 Å². The summed E-state index contributed by atoms with van der Waals surface area (Å²) in [5.41, 5.74) is 0. The van der Waals surface area contributed by atoms with Crippen molar-refractivity contribution in [2.24, 2.45) is 11.8 Å². The van der Waals surface area contributed by atoms with Crippen LogP contribution in [0.25, 0.3) is 0 Å². The number of carbonyl (C=O) groups excluding carboxylic acids is 1. The third kappa shape index (κ3) is 2.47. The number of carbonyl (C=O) groups is 1. The summed E-state index contributed by atoms with van der Waals surface area (Å²) in [4.78, 5) is 11.5. The monoisotopic (exact) mass is 197 g/mol. The van der Waals surface area contributed by atoms with E-state index in [1.807, 2.05) is 0 Å². The van der Waals surface area contributed by atoms with Crippen LogP contribution < -0.4 is 5.32 Å². The van der Waals surface area contributed by atoms with Gasteiger partial charge in [-0.05, 0) is 44.4 Å². The van der Waals surface area contributed by atoms with Crippen LogP contribution in [0.3, 0.4) is 0 Å². The molecule has 0 spiro atoms. The van der Waals surface area contributed by atoms with Gasteiger partial charge in [0.2, 0.25) is 5.91 Å². The standard InChI is InChI=1S/C11H19NO2/c13-7-8-1-5-10(6-2-8)12-11(14)9-3-4-9/h8-10,13H,1-7H2,(H,12,14). The lowest BCUT2D eigenvalue weighted by Gasteiger charge is -2.27. The number of nitrogens with one attached hydrogen (secondary N) is 1. The molecule has 3 nitrogen and oxygen atoms in total. The predicted octanol–water partition coefficient (Wildman–Crippen LogP) is 1.06. The van der Waals surface area contributed by atoms with Gasteiger partial charge in [0.15, 0.2) is 0 Å². The van der Waals surface area contributed by atoms with Gasteiger partial charge in [0, 0.05) is 18.6 Å². The summed E-state index contributed by atoms with van der Waals surface area (Å²) < 4.78 is 0. The van der Waals surface area contributed by atoms with Gasteiger partial charge in [0.1, 0.15) is 0 Å². The Kier molecular flexibility index (Phi) is 3.06. The highest BCUT2D eigenvalue weighted by atomic mass is 16.3. The van der Waals surface area contributed by atoms with Crippen LogP contribution in [-0.4, -0.2) is 23.7 Å². The van der Waals surface area contributed by atoms with Crippen molar-refractivity contribution in [3.63, 3.8) is 0 Å². The molecule has 0 saturated heterocycles. The molecule has 2 aliphatic carbocycles. The summed E-state index contributed by atoms with van der Waals surface area (Å²) in [5, 5.41) is 12.1. The zero-order chi connectivity index (χ0) is 9.97. The Morgan fingerprint density at radius 2 is 1.79 bits per heavy atom. The second-order valence-corrected chi connectivity index (χ2v) is 4.68. The van der Waals surface area contributed by atoms with Gasteiger partial charge in [0.25, 0.3) is 0 Å². The predicted molar refractivity (Wildman–Crippen MR) is 53.7 cm³/mol. The molecule has 0 aromatic rings. The molecule has 3 heteroatoms. The normalized spacial score (nSPS) is 32.6. The Morgan fingerprint density at radius 1 is 1.14 bits per heavy atom. The average Bonchev–Trinajstić information content (AvgIpc) is 3.02. The van der Waals surface area contributed by atoms with E-state index in [-0.39, 0.29) is 5.91 Å². The van der Waals surface area contributed by atoms with E-state index < -0.39 is 0 Å². The van der Waals surface area contributed by atoms with Gasteiger partial charge in [0.05, 0.1) is 0 Å². The number of hydrogen-bond donors (Lipinski definition) is 2. The number of aliphatic hydroxyl groups is 1. The van der Waals surface area contributed by atoms with Crippen LogP contribution in [-0.2, 0) is 4.79 Å². The highest BCUT2D eigenvalue weighted by Gasteiger charge is 2.31. The van der Waals surface area contributed by atoms with Crippen LogP contribution in [0.2, 0.25) is 0 Å². The summed E-state index contributed by atoms with van der Waals surface area (Å²) in [7, 11) is 0. The summed E-state index contributed by atoms with van der Waals surface area (Å²) in [6.45, 7) is 0.309. The van der Waals surface area contributed by atoms with Crippen molar-refractivity contribution >= 4 is 5.91 Å². The van der Waals surface area contributed by atoms with Crippen molar-refractivity contribution in [3.05, 3.63) is 0 Å². The Balaban J connectivity index is 1.69. The van der Waals surface area contributed by atoms with Crippen LogP contribution in [0.5, 0.6) is 0 Å². The Labute approximate surface area is 84.9 Å². The molecule has 80 valence electrons. The highest BCUT2D eigenvalue weighted by Crippen LogP contribution is 2.30. The molecule has 2 aliphatic rings.